The molecule has 1 heterocycles. The number of aliphatic hydroxyl groups is 1. The monoisotopic (exact) mass is 273 g/mol. The number of carbonyl (C=O) groups is 2. The summed E-state index contributed by atoms with van der Waals surface area (Å²) in [5.74, 6) is -1.63. The van der Waals surface area contributed by atoms with E-state index < -0.39 is 30.6 Å². The van der Waals surface area contributed by atoms with Crippen LogP contribution in [-0.2, 0) is 0 Å². The van der Waals surface area contributed by atoms with Gasteiger partial charge in [0.05, 0.1) is 17.7 Å². The third-order valence-corrected chi connectivity index (χ3v) is 2.86. The Hall–Kier alpha value is -1.89. The third-order valence-electron chi connectivity index (χ3n) is 2.86. The van der Waals surface area contributed by atoms with Gasteiger partial charge in [-0.3, -0.25) is 14.5 Å². The molecule has 4 nitrogen and oxygen atoms in total. The predicted octanol–water partition coefficient (Wildman–Crippen LogP) is 1.51. The molecule has 2 rings (SSSR count). The number of hydrogen-bond donors (Lipinski definition) is 1. The van der Waals surface area contributed by atoms with Crippen molar-refractivity contribution in [2.75, 3.05) is 6.54 Å². The third kappa shape index (κ3) is 2.33. The zero-order valence-corrected chi connectivity index (χ0v) is 9.86. The molecule has 0 fully saturated rings. The number of β-amino-alcohol motifs (C(OH)–C–C–N with tert-alkyl or cyclic N) is 1. The second-order valence-electron chi connectivity index (χ2n) is 4.33. The van der Waals surface area contributed by atoms with Gasteiger partial charge < -0.3 is 5.11 Å². The van der Waals surface area contributed by atoms with Gasteiger partial charge in [-0.25, -0.2) is 0 Å². The van der Waals surface area contributed by atoms with Crippen LogP contribution >= 0.6 is 0 Å². The van der Waals surface area contributed by atoms with Crippen molar-refractivity contribution in [3.05, 3.63) is 34.9 Å². The smallest absolute Gasteiger partial charge is 0.382 e. The Morgan fingerprint density at radius 2 is 1.79 bits per heavy atom. The number of carbonyl (C=O) groups excluding carboxylic acids is 2. The Morgan fingerprint density at radius 3 is 2.37 bits per heavy atom. The SMILES string of the molecule is Cc1ccc2c(c1)C(=O)N(CC(O)C(F)(F)F)C2=O. The lowest BCUT2D eigenvalue weighted by atomic mass is 10.1. The molecule has 1 atom stereocenters. The minimum absolute atomic E-state index is 0.0602. The molecule has 1 aliphatic heterocycles. The van der Waals surface area contributed by atoms with Gasteiger partial charge in [0.2, 0.25) is 0 Å². The van der Waals surface area contributed by atoms with E-state index in [1.807, 2.05) is 0 Å². The molecule has 7 heteroatoms. The van der Waals surface area contributed by atoms with Crippen LogP contribution in [0.2, 0.25) is 0 Å². The van der Waals surface area contributed by atoms with Crippen molar-refractivity contribution in [2.24, 2.45) is 0 Å². The highest BCUT2D eigenvalue weighted by molar-refractivity contribution is 6.21. The first-order valence-electron chi connectivity index (χ1n) is 5.43. The van der Waals surface area contributed by atoms with Crippen molar-refractivity contribution in [1.29, 1.82) is 0 Å². The number of rotatable bonds is 2. The number of amides is 2. The van der Waals surface area contributed by atoms with Gasteiger partial charge in [-0.05, 0) is 19.1 Å². The Morgan fingerprint density at radius 1 is 1.21 bits per heavy atom. The highest BCUT2D eigenvalue weighted by atomic mass is 19.4. The first-order valence-corrected chi connectivity index (χ1v) is 5.43. The topological polar surface area (TPSA) is 57.6 Å². The molecule has 0 saturated heterocycles. The van der Waals surface area contributed by atoms with Crippen LogP contribution in [0.3, 0.4) is 0 Å². The summed E-state index contributed by atoms with van der Waals surface area (Å²) in [6.07, 6.45) is -7.61. The van der Waals surface area contributed by atoms with E-state index in [-0.39, 0.29) is 11.1 Å². The number of benzene rings is 1. The van der Waals surface area contributed by atoms with E-state index in [4.69, 9.17) is 5.11 Å². The molecule has 1 aromatic rings. The normalized spacial score (nSPS) is 16.8. The Balaban J connectivity index is 2.28. The highest BCUT2D eigenvalue weighted by Gasteiger charge is 2.44. The average molecular weight is 273 g/mol. The molecule has 19 heavy (non-hydrogen) atoms. The molecular weight excluding hydrogens is 263 g/mol. The summed E-state index contributed by atoms with van der Waals surface area (Å²) in [7, 11) is 0. The zero-order chi connectivity index (χ0) is 14.4. The summed E-state index contributed by atoms with van der Waals surface area (Å²) in [5, 5.41) is 8.94. The molecule has 2 amide bonds. The molecule has 102 valence electrons. The minimum Gasteiger partial charge on any atom is -0.382 e. The van der Waals surface area contributed by atoms with Crippen LogP contribution < -0.4 is 0 Å². The Labute approximate surface area is 106 Å². The Kier molecular flexibility index (Phi) is 3.09. The summed E-state index contributed by atoms with van der Waals surface area (Å²) in [6.45, 7) is 0.611. The van der Waals surface area contributed by atoms with Crippen molar-refractivity contribution < 1.29 is 27.9 Å². The van der Waals surface area contributed by atoms with Crippen LogP contribution in [0.25, 0.3) is 0 Å². The van der Waals surface area contributed by atoms with Crippen molar-refractivity contribution in [3.63, 3.8) is 0 Å². The van der Waals surface area contributed by atoms with Gasteiger partial charge in [-0.15, -0.1) is 0 Å². The van der Waals surface area contributed by atoms with Gasteiger partial charge in [-0.1, -0.05) is 11.6 Å². The zero-order valence-electron chi connectivity index (χ0n) is 9.86. The Bertz CT molecular complexity index is 554. The fourth-order valence-corrected chi connectivity index (χ4v) is 1.85. The molecule has 1 aromatic carbocycles. The summed E-state index contributed by atoms with van der Waals surface area (Å²) >= 11 is 0. The molecule has 0 aliphatic carbocycles. The quantitative estimate of drug-likeness (QED) is 0.831. The van der Waals surface area contributed by atoms with Gasteiger partial charge in [0.15, 0.2) is 6.10 Å². The molecular formula is C12H10F3NO3. The molecule has 0 saturated carbocycles. The van der Waals surface area contributed by atoms with E-state index in [9.17, 15) is 22.8 Å². The fraction of sp³-hybridized carbons (Fsp3) is 0.333. The average Bonchev–Trinajstić information content (AvgIpc) is 2.53. The lowest BCUT2D eigenvalue weighted by molar-refractivity contribution is -0.204. The molecule has 1 unspecified atom stereocenters. The summed E-state index contributed by atoms with van der Waals surface area (Å²) in [5.41, 5.74) is 0.850. The van der Waals surface area contributed by atoms with Crippen molar-refractivity contribution >= 4 is 11.8 Å². The van der Waals surface area contributed by atoms with Gasteiger partial charge in [0.25, 0.3) is 11.8 Å². The van der Waals surface area contributed by atoms with E-state index in [1.165, 1.54) is 12.1 Å². The number of hydrogen-bond acceptors (Lipinski definition) is 3. The maximum atomic E-state index is 12.3. The standard InChI is InChI=1S/C12H10F3NO3/c1-6-2-3-7-8(4-6)11(19)16(10(7)18)5-9(17)12(13,14)15/h2-4,9,17H,5H2,1H3. The second-order valence-corrected chi connectivity index (χ2v) is 4.33. The van der Waals surface area contributed by atoms with Crippen LogP contribution in [0.4, 0.5) is 13.2 Å². The first kappa shape index (κ1) is 13.5. The van der Waals surface area contributed by atoms with Crippen LogP contribution in [-0.4, -0.2) is 40.6 Å². The summed E-state index contributed by atoms with van der Waals surface area (Å²) < 4.78 is 36.8. The number of alkyl halides is 3. The number of aliphatic hydroxyl groups excluding tert-OH is 1. The number of aryl methyl sites for hydroxylation is 1. The largest absolute Gasteiger partial charge is 0.416 e. The molecule has 0 bridgehead atoms. The number of fused-ring (bicyclic) bond motifs is 1. The number of halogens is 3. The van der Waals surface area contributed by atoms with E-state index in [0.29, 0.717) is 4.90 Å². The van der Waals surface area contributed by atoms with Crippen LogP contribution in [0, 0.1) is 6.92 Å². The van der Waals surface area contributed by atoms with Gasteiger partial charge >= 0.3 is 6.18 Å². The fourth-order valence-electron chi connectivity index (χ4n) is 1.85. The molecule has 0 radical (unpaired) electrons. The van der Waals surface area contributed by atoms with Crippen molar-refractivity contribution in [1.82, 2.24) is 4.90 Å². The van der Waals surface area contributed by atoms with E-state index in [2.05, 4.69) is 0 Å². The maximum Gasteiger partial charge on any atom is 0.416 e. The second kappa shape index (κ2) is 4.34. The van der Waals surface area contributed by atoms with Crippen LogP contribution in [0.15, 0.2) is 18.2 Å². The maximum absolute atomic E-state index is 12.3. The van der Waals surface area contributed by atoms with Crippen LogP contribution in [0.1, 0.15) is 26.3 Å². The minimum atomic E-state index is -4.87. The highest BCUT2D eigenvalue weighted by Crippen LogP contribution is 2.27. The predicted molar refractivity (Wildman–Crippen MR) is 58.6 cm³/mol. The summed E-state index contributed by atoms with van der Waals surface area (Å²) in [4.78, 5) is 24.1. The molecule has 1 N–H and O–H groups in total. The van der Waals surface area contributed by atoms with Gasteiger partial charge in [-0.2, -0.15) is 13.2 Å². The molecule has 1 aliphatic rings. The molecule has 0 spiro atoms. The lowest BCUT2D eigenvalue weighted by Crippen LogP contribution is -2.43. The van der Waals surface area contributed by atoms with Gasteiger partial charge in [0.1, 0.15) is 0 Å². The van der Waals surface area contributed by atoms with Crippen LogP contribution in [0.5, 0.6) is 0 Å². The summed E-state index contributed by atoms with van der Waals surface area (Å²) in [6, 6.07) is 4.42. The lowest BCUT2D eigenvalue weighted by Gasteiger charge is -2.20. The van der Waals surface area contributed by atoms with E-state index >= 15 is 0 Å². The number of imide groups is 1. The van der Waals surface area contributed by atoms with Crippen molar-refractivity contribution in [3.8, 4) is 0 Å². The van der Waals surface area contributed by atoms with E-state index in [1.54, 1.807) is 13.0 Å². The van der Waals surface area contributed by atoms with Crippen molar-refractivity contribution in [2.45, 2.75) is 19.2 Å². The number of nitrogens with zero attached hydrogens (tertiary/aromatic N) is 1. The van der Waals surface area contributed by atoms with E-state index in [0.717, 1.165) is 5.56 Å². The molecule has 0 aromatic heterocycles. The van der Waals surface area contributed by atoms with Gasteiger partial charge in [0, 0.05) is 0 Å². The first-order chi connectivity index (χ1) is 8.71.